The summed E-state index contributed by atoms with van der Waals surface area (Å²) in [5.74, 6) is -0.917. The number of nitrogens with zero attached hydrogens (tertiary/aromatic N) is 3. The number of aryl methyl sites for hydroxylation is 2. The number of amides is 2. The molecule has 0 spiro atoms. The van der Waals surface area contributed by atoms with Crippen LogP contribution in [0.25, 0.3) is 6.08 Å². The van der Waals surface area contributed by atoms with E-state index in [1.165, 1.54) is 4.90 Å². The molecular weight excluding hydrogens is 288 g/mol. The lowest BCUT2D eigenvalue weighted by Gasteiger charge is -2.27. The van der Waals surface area contributed by atoms with Crippen LogP contribution < -0.4 is 5.32 Å². The first-order valence-electron chi connectivity index (χ1n) is 6.36. The van der Waals surface area contributed by atoms with Gasteiger partial charge in [-0.3, -0.25) is 24.5 Å². The Balaban J connectivity index is 2.48. The minimum Gasteiger partial charge on any atom is -0.298 e. The number of rotatable bonds is 3. The molecule has 0 bridgehead atoms. The number of hydrogen-bond acceptors (Lipinski definition) is 4. The van der Waals surface area contributed by atoms with Crippen LogP contribution >= 0.6 is 12.2 Å². The van der Waals surface area contributed by atoms with Gasteiger partial charge in [0.1, 0.15) is 5.57 Å². The molecule has 1 aliphatic rings. The predicted molar refractivity (Wildman–Crippen MR) is 83.3 cm³/mol. The Morgan fingerprint density at radius 1 is 1.38 bits per heavy atom. The molecule has 6 nitrogen and oxygen atoms in total. The minimum absolute atomic E-state index is 0.0460. The van der Waals surface area contributed by atoms with Gasteiger partial charge in [-0.1, -0.05) is 6.08 Å². The van der Waals surface area contributed by atoms with Gasteiger partial charge in [0.2, 0.25) is 0 Å². The van der Waals surface area contributed by atoms with Crippen LogP contribution in [0.3, 0.4) is 0 Å². The Kier molecular flexibility index (Phi) is 4.04. The van der Waals surface area contributed by atoms with Crippen LogP contribution in [-0.2, 0) is 16.6 Å². The van der Waals surface area contributed by atoms with Crippen LogP contribution in [0.5, 0.6) is 0 Å². The fourth-order valence-corrected chi connectivity index (χ4v) is 2.38. The Hall–Kier alpha value is -2.28. The zero-order valence-electron chi connectivity index (χ0n) is 12.1. The summed E-state index contributed by atoms with van der Waals surface area (Å²) in [6.45, 7) is 7.54. The number of aromatic nitrogens is 2. The molecule has 0 aromatic carbocycles. The van der Waals surface area contributed by atoms with E-state index in [9.17, 15) is 9.59 Å². The van der Waals surface area contributed by atoms with Gasteiger partial charge in [-0.15, -0.1) is 6.58 Å². The molecule has 1 fully saturated rings. The zero-order valence-corrected chi connectivity index (χ0v) is 13.0. The van der Waals surface area contributed by atoms with E-state index in [0.717, 1.165) is 17.0 Å². The first-order chi connectivity index (χ1) is 9.86. The SMILES string of the molecule is C=CCN1C(=O)/C(=C\c2c(C)nn(C)c2C)C(=O)NC1=S. The summed E-state index contributed by atoms with van der Waals surface area (Å²) in [5, 5.41) is 6.88. The molecule has 0 unspecified atom stereocenters. The topological polar surface area (TPSA) is 67.2 Å². The van der Waals surface area contributed by atoms with Crippen molar-refractivity contribution in [2.75, 3.05) is 6.54 Å². The van der Waals surface area contributed by atoms with Crippen molar-refractivity contribution in [2.45, 2.75) is 13.8 Å². The summed E-state index contributed by atoms with van der Waals surface area (Å²) in [5.41, 5.74) is 2.45. The molecule has 2 rings (SSSR count). The standard InChI is InChI=1S/C14H16N4O2S/c1-5-6-18-13(20)11(12(19)15-14(18)21)7-10-8(2)16-17(4)9(10)3/h5,7H,1,6H2,2-4H3,(H,15,19,21)/b11-7-. The highest BCUT2D eigenvalue weighted by molar-refractivity contribution is 7.80. The van der Waals surface area contributed by atoms with Crippen LogP contribution in [-0.4, -0.2) is 38.2 Å². The maximum Gasteiger partial charge on any atom is 0.265 e. The van der Waals surface area contributed by atoms with E-state index < -0.39 is 11.8 Å². The summed E-state index contributed by atoms with van der Waals surface area (Å²) >= 11 is 5.00. The molecule has 0 radical (unpaired) electrons. The van der Waals surface area contributed by atoms with E-state index in [4.69, 9.17) is 12.2 Å². The second-order valence-corrected chi connectivity index (χ2v) is 5.12. The van der Waals surface area contributed by atoms with Crippen LogP contribution in [0.15, 0.2) is 18.2 Å². The lowest BCUT2D eigenvalue weighted by molar-refractivity contribution is -0.128. The van der Waals surface area contributed by atoms with E-state index in [2.05, 4.69) is 17.0 Å². The Bertz CT molecular complexity index is 687. The summed E-state index contributed by atoms with van der Waals surface area (Å²) in [6.07, 6.45) is 3.12. The molecule has 2 heterocycles. The lowest BCUT2D eigenvalue weighted by atomic mass is 10.1. The van der Waals surface area contributed by atoms with Crippen LogP contribution in [0.1, 0.15) is 17.0 Å². The third-order valence-corrected chi connectivity index (χ3v) is 3.67. The van der Waals surface area contributed by atoms with Gasteiger partial charge in [-0.2, -0.15) is 5.10 Å². The van der Waals surface area contributed by atoms with Crippen LogP contribution in [0.2, 0.25) is 0 Å². The number of hydrogen-bond donors (Lipinski definition) is 1. The third-order valence-electron chi connectivity index (χ3n) is 3.35. The first kappa shape index (κ1) is 15.1. The second-order valence-electron chi connectivity index (χ2n) is 4.73. The normalized spacial score (nSPS) is 17.4. The Morgan fingerprint density at radius 3 is 2.57 bits per heavy atom. The summed E-state index contributed by atoms with van der Waals surface area (Å²) in [6, 6.07) is 0. The lowest BCUT2D eigenvalue weighted by Crippen LogP contribution is -2.53. The molecule has 1 aromatic heterocycles. The highest BCUT2D eigenvalue weighted by atomic mass is 32.1. The molecule has 1 N–H and O–H groups in total. The predicted octanol–water partition coefficient (Wildman–Crippen LogP) is 0.850. The fourth-order valence-electron chi connectivity index (χ4n) is 2.13. The Morgan fingerprint density at radius 2 is 2.05 bits per heavy atom. The molecule has 0 atom stereocenters. The van der Waals surface area contributed by atoms with E-state index >= 15 is 0 Å². The molecule has 110 valence electrons. The molecule has 1 aromatic rings. The van der Waals surface area contributed by atoms with Gasteiger partial charge in [0.05, 0.1) is 5.69 Å². The zero-order chi connectivity index (χ0) is 15.7. The van der Waals surface area contributed by atoms with Crippen molar-refractivity contribution in [1.29, 1.82) is 0 Å². The van der Waals surface area contributed by atoms with Crippen molar-refractivity contribution >= 4 is 35.2 Å². The second kappa shape index (κ2) is 5.61. The average molecular weight is 304 g/mol. The van der Waals surface area contributed by atoms with Crippen molar-refractivity contribution in [3.63, 3.8) is 0 Å². The third kappa shape index (κ3) is 2.64. The van der Waals surface area contributed by atoms with Crippen LogP contribution in [0.4, 0.5) is 0 Å². The number of thiocarbonyl (C=S) groups is 1. The number of carbonyl (C=O) groups excluding carboxylic acids is 2. The van der Waals surface area contributed by atoms with E-state index in [-0.39, 0.29) is 17.2 Å². The molecule has 0 saturated carbocycles. The number of nitrogens with one attached hydrogen (secondary N) is 1. The summed E-state index contributed by atoms with van der Waals surface area (Å²) < 4.78 is 1.71. The minimum atomic E-state index is -0.493. The van der Waals surface area contributed by atoms with Gasteiger partial charge < -0.3 is 0 Å². The molecule has 2 amide bonds. The molecule has 1 aliphatic heterocycles. The smallest absolute Gasteiger partial charge is 0.265 e. The molecular formula is C14H16N4O2S. The maximum atomic E-state index is 12.4. The quantitative estimate of drug-likeness (QED) is 0.389. The highest BCUT2D eigenvalue weighted by Gasteiger charge is 2.33. The van der Waals surface area contributed by atoms with Crippen molar-refractivity contribution < 1.29 is 9.59 Å². The molecule has 0 aliphatic carbocycles. The van der Waals surface area contributed by atoms with Crippen molar-refractivity contribution in [3.8, 4) is 0 Å². The van der Waals surface area contributed by atoms with Crippen LogP contribution in [0, 0.1) is 13.8 Å². The highest BCUT2D eigenvalue weighted by Crippen LogP contribution is 2.19. The summed E-state index contributed by atoms with van der Waals surface area (Å²) in [4.78, 5) is 25.7. The monoisotopic (exact) mass is 304 g/mol. The van der Waals surface area contributed by atoms with E-state index in [0.29, 0.717) is 0 Å². The number of carbonyl (C=O) groups is 2. The van der Waals surface area contributed by atoms with Gasteiger partial charge in [-0.25, -0.2) is 0 Å². The van der Waals surface area contributed by atoms with Gasteiger partial charge in [0.15, 0.2) is 5.11 Å². The van der Waals surface area contributed by atoms with Crippen molar-refractivity contribution in [2.24, 2.45) is 7.05 Å². The maximum absolute atomic E-state index is 12.4. The van der Waals surface area contributed by atoms with Gasteiger partial charge >= 0.3 is 0 Å². The summed E-state index contributed by atoms with van der Waals surface area (Å²) in [7, 11) is 1.81. The largest absolute Gasteiger partial charge is 0.298 e. The van der Waals surface area contributed by atoms with E-state index in [1.807, 2.05) is 20.9 Å². The average Bonchev–Trinajstić information content (AvgIpc) is 2.65. The van der Waals surface area contributed by atoms with Crippen molar-refractivity contribution in [3.05, 3.63) is 35.2 Å². The molecule has 1 saturated heterocycles. The van der Waals surface area contributed by atoms with E-state index in [1.54, 1.807) is 16.8 Å². The first-order valence-corrected chi connectivity index (χ1v) is 6.77. The Labute approximate surface area is 128 Å². The molecule has 7 heteroatoms. The fraction of sp³-hybridized carbons (Fsp3) is 0.286. The molecule has 21 heavy (non-hydrogen) atoms. The van der Waals surface area contributed by atoms with Gasteiger partial charge in [-0.05, 0) is 32.1 Å². The van der Waals surface area contributed by atoms with Gasteiger partial charge in [0, 0.05) is 24.8 Å². The van der Waals surface area contributed by atoms with Gasteiger partial charge in [0.25, 0.3) is 11.8 Å². The van der Waals surface area contributed by atoms with Crippen molar-refractivity contribution in [1.82, 2.24) is 20.0 Å².